The number of aliphatic imine (C=N–C) groups is 1. The summed E-state index contributed by atoms with van der Waals surface area (Å²) in [7, 11) is 1.77. The van der Waals surface area contributed by atoms with Crippen LogP contribution in [0.1, 0.15) is 36.8 Å². The van der Waals surface area contributed by atoms with Gasteiger partial charge in [-0.1, -0.05) is 24.3 Å². The molecule has 7 heteroatoms. The molecule has 1 aliphatic carbocycles. The number of benzene rings is 1. The number of nitrogens with zero attached hydrogens (tertiary/aromatic N) is 2. The number of carbonyl (C=O) groups is 1. The van der Waals surface area contributed by atoms with E-state index in [2.05, 4.69) is 50.1 Å². The highest BCUT2D eigenvalue weighted by Gasteiger charge is 2.22. The molecule has 3 rings (SSSR count). The first-order chi connectivity index (χ1) is 13.7. The Morgan fingerprint density at radius 3 is 2.64 bits per heavy atom. The van der Waals surface area contributed by atoms with Crippen molar-refractivity contribution < 1.29 is 9.53 Å². The standard InChI is InChI=1S/C21H33N5O2/c1-22-21(23-10-4-7-20(27)25-19-8-9-19)24-15-17-5-2-3-6-18(17)16-26-11-13-28-14-12-26/h2-3,5-6,19H,4,7-16H2,1H3,(H,25,27)(H2,22,23,24). The molecule has 154 valence electrons. The van der Waals surface area contributed by atoms with Gasteiger partial charge in [-0.3, -0.25) is 14.7 Å². The van der Waals surface area contributed by atoms with Gasteiger partial charge in [0.2, 0.25) is 5.91 Å². The summed E-state index contributed by atoms with van der Waals surface area (Å²) in [5, 5.41) is 9.70. The zero-order valence-corrected chi connectivity index (χ0v) is 16.9. The Bertz CT molecular complexity index is 654. The molecule has 1 saturated heterocycles. The molecule has 1 aromatic carbocycles. The van der Waals surface area contributed by atoms with Crippen LogP contribution in [0.15, 0.2) is 29.3 Å². The summed E-state index contributed by atoms with van der Waals surface area (Å²) in [5.74, 6) is 0.924. The summed E-state index contributed by atoms with van der Waals surface area (Å²) in [4.78, 5) is 18.4. The Hall–Kier alpha value is -2.12. The number of ether oxygens (including phenoxy) is 1. The second kappa shape index (κ2) is 11.0. The molecule has 1 amide bonds. The predicted octanol–water partition coefficient (Wildman–Crippen LogP) is 1.24. The normalized spacial score (nSPS) is 18.0. The van der Waals surface area contributed by atoms with E-state index < -0.39 is 0 Å². The first-order valence-corrected chi connectivity index (χ1v) is 10.4. The quantitative estimate of drug-likeness (QED) is 0.338. The molecule has 3 N–H and O–H groups in total. The van der Waals surface area contributed by atoms with Gasteiger partial charge in [-0.15, -0.1) is 0 Å². The van der Waals surface area contributed by atoms with Gasteiger partial charge in [-0.2, -0.15) is 0 Å². The molecular formula is C21H33N5O2. The van der Waals surface area contributed by atoms with Crippen LogP contribution in [0, 0.1) is 0 Å². The van der Waals surface area contributed by atoms with Crippen molar-refractivity contribution in [3.8, 4) is 0 Å². The van der Waals surface area contributed by atoms with E-state index >= 15 is 0 Å². The van der Waals surface area contributed by atoms with Gasteiger partial charge in [0.25, 0.3) is 0 Å². The Morgan fingerprint density at radius 2 is 1.93 bits per heavy atom. The van der Waals surface area contributed by atoms with Crippen LogP contribution >= 0.6 is 0 Å². The van der Waals surface area contributed by atoms with Crippen LogP contribution in [0.4, 0.5) is 0 Å². The van der Waals surface area contributed by atoms with Gasteiger partial charge in [-0.05, 0) is 30.4 Å². The van der Waals surface area contributed by atoms with Crippen molar-refractivity contribution in [2.75, 3.05) is 39.9 Å². The minimum Gasteiger partial charge on any atom is -0.379 e. The number of amides is 1. The second-order valence-corrected chi connectivity index (χ2v) is 7.46. The Balaban J connectivity index is 1.39. The molecule has 1 saturated carbocycles. The lowest BCUT2D eigenvalue weighted by molar-refractivity contribution is -0.121. The lowest BCUT2D eigenvalue weighted by Crippen LogP contribution is -2.38. The van der Waals surface area contributed by atoms with Crippen molar-refractivity contribution >= 4 is 11.9 Å². The Labute approximate surface area is 167 Å². The van der Waals surface area contributed by atoms with Gasteiger partial charge < -0.3 is 20.7 Å². The minimum atomic E-state index is 0.157. The highest BCUT2D eigenvalue weighted by Crippen LogP contribution is 2.18. The number of nitrogens with one attached hydrogen (secondary N) is 3. The highest BCUT2D eigenvalue weighted by atomic mass is 16.5. The van der Waals surface area contributed by atoms with Gasteiger partial charge >= 0.3 is 0 Å². The van der Waals surface area contributed by atoms with E-state index in [-0.39, 0.29) is 5.91 Å². The SMILES string of the molecule is CN=C(NCCCC(=O)NC1CC1)NCc1ccccc1CN1CCOCC1. The maximum atomic E-state index is 11.7. The average Bonchev–Trinajstić information content (AvgIpc) is 3.53. The summed E-state index contributed by atoms with van der Waals surface area (Å²) < 4.78 is 5.44. The molecule has 0 aromatic heterocycles. The summed E-state index contributed by atoms with van der Waals surface area (Å²) >= 11 is 0. The number of guanidine groups is 1. The molecule has 0 unspecified atom stereocenters. The van der Waals surface area contributed by atoms with E-state index in [1.54, 1.807) is 7.05 Å². The first kappa shape index (κ1) is 20.6. The van der Waals surface area contributed by atoms with Crippen LogP contribution in [0.3, 0.4) is 0 Å². The third-order valence-corrected chi connectivity index (χ3v) is 5.10. The lowest BCUT2D eigenvalue weighted by Gasteiger charge is -2.27. The van der Waals surface area contributed by atoms with Crippen molar-refractivity contribution in [2.45, 2.75) is 44.8 Å². The number of morpholine rings is 1. The molecule has 2 aliphatic rings. The summed E-state index contributed by atoms with van der Waals surface area (Å²) in [6, 6.07) is 8.97. The molecule has 0 radical (unpaired) electrons. The maximum absolute atomic E-state index is 11.7. The monoisotopic (exact) mass is 387 g/mol. The first-order valence-electron chi connectivity index (χ1n) is 10.4. The number of hydrogen-bond acceptors (Lipinski definition) is 4. The second-order valence-electron chi connectivity index (χ2n) is 7.46. The maximum Gasteiger partial charge on any atom is 0.220 e. The van der Waals surface area contributed by atoms with Crippen molar-refractivity contribution in [2.24, 2.45) is 4.99 Å². The van der Waals surface area contributed by atoms with Crippen molar-refractivity contribution in [1.29, 1.82) is 0 Å². The fraction of sp³-hybridized carbons (Fsp3) is 0.619. The largest absolute Gasteiger partial charge is 0.379 e. The molecule has 0 spiro atoms. The van der Waals surface area contributed by atoms with Crippen LogP contribution < -0.4 is 16.0 Å². The third-order valence-electron chi connectivity index (χ3n) is 5.10. The van der Waals surface area contributed by atoms with Crippen LogP contribution in [0.5, 0.6) is 0 Å². The fourth-order valence-electron chi connectivity index (χ4n) is 3.27. The summed E-state index contributed by atoms with van der Waals surface area (Å²) in [5.41, 5.74) is 2.62. The third kappa shape index (κ3) is 7.13. The summed E-state index contributed by atoms with van der Waals surface area (Å²) in [6.45, 7) is 6.00. The number of rotatable bonds is 9. The molecule has 1 heterocycles. The topological polar surface area (TPSA) is 78.0 Å². The van der Waals surface area contributed by atoms with Crippen LogP contribution in [0.2, 0.25) is 0 Å². The predicted molar refractivity (Wildman–Crippen MR) is 111 cm³/mol. The van der Waals surface area contributed by atoms with E-state index in [0.29, 0.717) is 12.5 Å². The number of carbonyl (C=O) groups excluding carboxylic acids is 1. The van der Waals surface area contributed by atoms with Crippen molar-refractivity contribution in [3.05, 3.63) is 35.4 Å². The minimum absolute atomic E-state index is 0.157. The van der Waals surface area contributed by atoms with E-state index in [9.17, 15) is 4.79 Å². The molecular weight excluding hydrogens is 354 g/mol. The van der Waals surface area contributed by atoms with Crippen molar-refractivity contribution in [1.82, 2.24) is 20.9 Å². The molecule has 7 nitrogen and oxygen atoms in total. The summed E-state index contributed by atoms with van der Waals surface area (Å²) in [6.07, 6.45) is 3.62. The Morgan fingerprint density at radius 1 is 1.18 bits per heavy atom. The zero-order chi connectivity index (χ0) is 19.6. The Kier molecular flexibility index (Phi) is 8.11. The average molecular weight is 388 g/mol. The molecule has 2 fully saturated rings. The smallest absolute Gasteiger partial charge is 0.220 e. The van der Waals surface area contributed by atoms with Gasteiger partial charge in [0.15, 0.2) is 5.96 Å². The van der Waals surface area contributed by atoms with Crippen molar-refractivity contribution in [3.63, 3.8) is 0 Å². The number of hydrogen-bond donors (Lipinski definition) is 3. The fourth-order valence-corrected chi connectivity index (χ4v) is 3.27. The van der Waals surface area contributed by atoms with Gasteiger partial charge in [0.1, 0.15) is 0 Å². The lowest BCUT2D eigenvalue weighted by atomic mass is 10.1. The molecule has 28 heavy (non-hydrogen) atoms. The van der Waals surface area contributed by atoms with E-state index in [1.165, 1.54) is 11.1 Å². The highest BCUT2D eigenvalue weighted by molar-refractivity contribution is 5.80. The van der Waals surface area contributed by atoms with E-state index in [4.69, 9.17) is 4.74 Å². The molecule has 0 atom stereocenters. The molecule has 1 aromatic rings. The van der Waals surface area contributed by atoms with E-state index in [1.807, 2.05) is 0 Å². The molecule has 0 bridgehead atoms. The molecule has 1 aliphatic heterocycles. The van der Waals surface area contributed by atoms with Gasteiger partial charge in [-0.25, -0.2) is 0 Å². The van der Waals surface area contributed by atoms with Crippen LogP contribution in [-0.2, 0) is 22.6 Å². The van der Waals surface area contributed by atoms with Gasteiger partial charge in [0.05, 0.1) is 13.2 Å². The van der Waals surface area contributed by atoms with E-state index in [0.717, 1.165) is 71.2 Å². The van der Waals surface area contributed by atoms with Crippen LogP contribution in [0.25, 0.3) is 0 Å². The zero-order valence-electron chi connectivity index (χ0n) is 16.9. The van der Waals surface area contributed by atoms with Crippen LogP contribution in [-0.4, -0.2) is 62.7 Å². The van der Waals surface area contributed by atoms with Gasteiger partial charge in [0, 0.05) is 52.2 Å².